The topological polar surface area (TPSA) is 90.4 Å². The predicted molar refractivity (Wildman–Crippen MR) is 101 cm³/mol. The van der Waals surface area contributed by atoms with Gasteiger partial charge in [0.1, 0.15) is 17.3 Å². The summed E-state index contributed by atoms with van der Waals surface area (Å²) in [6.07, 6.45) is 3.32. The second kappa shape index (κ2) is 8.53. The molecule has 0 atom stereocenters. The molecule has 1 amide bonds. The lowest BCUT2D eigenvalue weighted by atomic mass is 10.2. The number of hydrogen-bond donors (Lipinski definition) is 1. The molecule has 0 unspecified atom stereocenters. The number of unbranched alkanes of at least 4 members (excludes halogenated alkanes) is 2. The van der Waals surface area contributed by atoms with Crippen LogP contribution < -0.4 is 10.1 Å². The molecule has 0 fully saturated rings. The number of anilines is 1. The van der Waals surface area contributed by atoms with Crippen LogP contribution in [0.3, 0.4) is 0 Å². The van der Waals surface area contributed by atoms with E-state index in [1.165, 1.54) is 0 Å². The van der Waals surface area contributed by atoms with E-state index < -0.39 is 0 Å². The Morgan fingerprint density at radius 3 is 2.56 bits per heavy atom. The fraction of sp³-hybridized carbons (Fsp3) is 0.350. The smallest absolute Gasteiger partial charge is 0.322 e. The van der Waals surface area contributed by atoms with Gasteiger partial charge in [0.15, 0.2) is 0 Å². The van der Waals surface area contributed by atoms with Gasteiger partial charge in [0.25, 0.3) is 11.8 Å². The van der Waals surface area contributed by atoms with Gasteiger partial charge in [0.05, 0.1) is 12.2 Å². The summed E-state index contributed by atoms with van der Waals surface area (Å²) in [5.74, 6) is 2.15. The largest absolute Gasteiger partial charge is 0.494 e. The molecule has 2 aromatic heterocycles. The summed E-state index contributed by atoms with van der Waals surface area (Å²) in [5.41, 5.74) is 1.19. The lowest BCUT2D eigenvalue weighted by Gasteiger charge is -2.06. The van der Waals surface area contributed by atoms with E-state index in [0.29, 0.717) is 29.4 Å². The molecule has 0 saturated carbocycles. The van der Waals surface area contributed by atoms with Crippen molar-refractivity contribution in [2.45, 2.75) is 40.0 Å². The van der Waals surface area contributed by atoms with Crippen LogP contribution in [-0.2, 0) is 0 Å². The number of benzene rings is 1. The van der Waals surface area contributed by atoms with E-state index in [0.717, 1.165) is 30.8 Å². The number of carbonyl (C=O) groups is 1. The van der Waals surface area contributed by atoms with Crippen molar-refractivity contribution < 1.29 is 18.4 Å². The van der Waals surface area contributed by atoms with Gasteiger partial charge in [0, 0.05) is 5.56 Å². The Hall–Kier alpha value is -3.09. The van der Waals surface area contributed by atoms with Crippen LogP contribution in [0.5, 0.6) is 5.75 Å². The third kappa shape index (κ3) is 4.75. The molecule has 0 radical (unpaired) electrons. The normalized spacial score (nSPS) is 10.8. The Morgan fingerprint density at radius 2 is 1.89 bits per heavy atom. The fourth-order valence-electron chi connectivity index (χ4n) is 2.64. The standard InChI is InChI=1S/C20H23N3O4/c1-4-5-6-11-25-16-9-7-15(8-10-16)18(24)21-20-23-22-19(27-20)17-12-13(2)26-14(17)3/h7-10,12H,4-6,11H2,1-3H3,(H,21,23,24). The van der Waals surface area contributed by atoms with E-state index in [1.54, 1.807) is 24.3 Å². The highest BCUT2D eigenvalue weighted by atomic mass is 16.5. The number of hydrogen-bond acceptors (Lipinski definition) is 6. The van der Waals surface area contributed by atoms with Gasteiger partial charge in [0.2, 0.25) is 0 Å². The number of carbonyl (C=O) groups excluding carboxylic acids is 1. The third-order valence-electron chi connectivity index (χ3n) is 4.05. The molecule has 0 aliphatic rings. The van der Waals surface area contributed by atoms with Crippen LogP contribution in [0.15, 0.2) is 39.2 Å². The quantitative estimate of drug-likeness (QED) is 0.575. The number of ether oxygens (including phenoxy) is 1. The van der Waals surface area contributed by atoms with Crippen molar-refractivity contribution in [2.75, 3.05) is 11.9 Å². The van der Waals surface area contributed by atoms with Gasteiger partial charge in [-0.2, -0.15) is 0 Å². The van der Waals surface area contributed by atoms with Gasteiger partial charge in [-0.25, -0.2) is 0 Å². The number of nitrogens with one attached hydrogen (secondary N) is 1. The summed E-state index contributed by atoms with van der Waals surface area (Å²) < 4.78 is 16.6. The number of amides is 1. The van der Waals surface area contributed by atoms with Crippen molar-refractivity contribution in [1.29, 1.82) is 0 Å². The second-order valence-electron chi connectivity index (χ2n) is 6.27. The Bertz CT molecular complexity index is 896. The monoisotopic (exact) mass is 369 g/mol. The Balaban J connectivity index is 1.60. The molecular formula is C20H23N3O4. The molecule has 27 heavy (non-hydrogen) atoms. The van der Waals surface area contributed by atoms with E-state index in [4.69, 9.17) is 13.6 Å². The van der Waals surface area contributed by atoms with Crippen molar-refractivity contribution >= 4 is 11.9 Å². The maximum absolute atomic E-state index is 12.3. The zero-order valence-corrected chi connectivity index (χ0v) is 15.7. The molecule has 1 aromatic carbocycles. The van der Waals surface area contributed by atoms with Gasteiger partial charge >= 0.3 is 6.01 Å². The maximum Gasteiger partial charge on any atom is 0.322 e. The lowest BCUT2D eigenvalue weighted by molar-refractivity contribution is 0.102. The van der Waals surface area contributed by atoms with Gasteiger partial charge in [-0.05, 0) is 50.6 Å². The SMILES string of the molecule is CCCCCOc1ccc(C(=O)Nc2nnc(-c3cc(C)oc3C)o2)cc1. The first-order valence-corrected chi connectivity index (χ1v) is 9.02. The number of aryl methyl sites for hydroxylation is 2. The first-order valence-electron chi connectivity index (χ1n) is 9.02. The summed E-state index contributed by atoms with van der Waals surface area (Å²) in [4.78, 5) is 12.3. The zero-order valence-electron chi connectivity index (χ0n) is 15.7. The van der Waals surface area contributed by atoms with E-state index >= 15 is 0 Å². The van der Waals surface area contributed by atoms with Crippen molar-refractivity contribution in [3.05, 3.63) is 47.4 Å². The van der Waals surface area contributed by atoms with Crippen LogP contribution >= 0.6 is 0 Å². The molecular weight excluding hydrogens is 346 g/mol. The average Bonchev–Trinajstić information content (AvgIpc) is 3.25. The van der Waals surface area contributed by atoms with E-state index in [-0.39, 0.29) is 11.9 Å². The minimum absolute atomic E-state index is 0.0353. The van der Waals surface area contributed by atoms with Crippen molar-refractivity contribution in [2.24, 2.45) is 0 Å². The molecule has 1 N–H and O–H groups in total. The van der Waals surface area contributed by atoms with Gasteiger partial charge in [-0.1, -0.05) is 24.9 Å². The van der Waals surface area contributed by atoms with Crippen molar-refractivity contribution in [1.82, 2.24) is 10.2 Å². The van der Waals surface area contributed by atoms with Crippen molar-refractivity contribution in [3.8, 4) is 17.2 Å². The van der Waals surface area contributed by atoms with E-state index in [1.807, 2.05) is 19.9 Å². The van der Waals surface area contributed by atoms with Crippen LogP contribution in [0.2, 0.25) is 0 Å². The maximum atomic E-state index is 12.3. The molecule has 7 heteroatoms. The van der Waals surface area contributed by atoms with E-state index in [2.05, 4.69) is 22.4 Å². The molecule has 0 aliphatic carbocycles. The van der Waals surface area contributed by atoms with Crippen LogP contribution in [0.25, 0.3) is 11.5 Å². The summed E-state index contributed by atoms with van der Waals surface area (Å²) in [5, 5.41) is 10.4. The van der Waals surface area contributed by atoms with Crippen LogP contribution in [0.4, 0.5) is 6.01 Å². The lowest BCUT2D eigenvalue weighted by Crippen LogP contribution is -2.12. The Labute approximate surface area is 157 Å². The predicted octanol–water partition coefficient (Wildman–Crippen LogP) is 4.77. The molecule has 0 saturated heterocycles. The Kier molecular flexibility index (Phi) is 5.90. The van der Waals surface area contributed by atoms with E-state index in [9.17, 15) is 4.79 Å². The molecule has 0 aliphatic heterocycles. The number of rotatable bonds is 8. The summed E-state index contributed by atoms with van der Waals surface area (Å²) in [7, 11) is 0. The van der Waals surface area contributed by atoms with Crippen LogP contribution in [0, 0.1) is 13.8 Å². The van der Waals surface area contributed by atoms with Crippen LogP contribution in [-0.4, -0.2) is 22.7 Å². The highest BCUT2D eigenvalue weighted by Gasteiger charge is 2.16. The summed E-state index contributed by atoms with van der Waals surface area (Å²) >= 11 is 0. The van der Waals surface area contributed by atoms with Gasteiger partial charge in [-0.15, -0.1) is 5.10 Å². The number of furan rings is 1. The minimum Gasteiger partial charge on any atom is -0.494 e. The van der Waals surface area contributed by atoms with Gasteiger partial charge < -0.3 is 13.6 Å². The highest BCUT2D eigenvalue weighted by molar-refractivity contribution is 6.03. The molecule has 3 aromatic rings. The zero-order chi connectivity index (χ0) is 19.2. The minimum atomic E-state index is -0.331. The number of nitrogens with zero attached hydrogens (tertiary/aromatic N) is 2. The average molecular weight is 369 g/mol. The first-order chi connectivity index (χ1) is 13.1. The summed E-state index contributed by atoms with van der Waals surface area (Å²) in [6, 6.07) is 8.80. The molecule has 0 spiro atoms. The number of aromatic nitrogens is 2. The molecule has 2 heterocycles. The molecule has 142 valence electrons. The fourth-order valence-corrected chi connectivity index (χ4v) is 2.64. The molecule has 0 bridgehead atoms. The highest BCUT2D eigenvalue weighted by Crippen LogP contribution is 2.26. The Morgan fingerprint density at radius 1 is 1.11 bits per heavy atom. The van der Waals surface area contributed by atoms with Crippen LogP contribution in [0.1, 0.15) is 48.1 Å². The van der Waals surface area contributed by atoms with Crippen molar-refractivity contribution in [3.63, 3.8) is 0 Å². The molecule has 3 rings (SSSR count). The summed E-state index contributed by atoms with van der Waals surface area (Å²) in [6.45, 7) is 6.48. The third-order valence-corrected chi connectivity index (χ3v) is 4.05. The van der Waals surface area contributed by atoms with Gasteiger partial charge in [-0.3, -0.25) is 10.1 Å². The molecule has 7 nitrogen and oxygen atoms in total. The second-order valence-corrected chi connectivity index (χ2v) is 6.27. The first kappa shape index (κ1) is 18.7.